The van der Waals surface area contributed by atoms with E-state index in [4.69, 9.17) is 11.6 Å². The van der Waals surface area contributed by atoms with Gasteiger partial charge in [0.2, 0.25) is 10.9 Å². The van der Waals surface area contributed by atoms with Gasteiger partial charge in [0.15, 0.2) is 0 Å². The Kier molecular flexibility index (Phi) is 1.07. The zero-order valence-corrected chi connectivity index (χ0v) is 5.63. The number of imidazole rings is 1. The molecule has 50 valence electrons. The average molecular weight is 155 g/mol. The van der Waals surface area contributed by atoms with E-state index in [1.807, 2.05) is 0 Å². The molecule has 0 saturated carbocycles. The standard InChI is InChI=1S/C5H3ClN4/c6-5-8-3-1-2-7-10-4(3)9-5/h1-2H,(H,8,9,10). The minimum Gasteiger partial charge on any atom is -0.327 e. The van der Waals surface area contributed by atoms with Crippen LogP contribution in [0.15, 0.2) is 12.3 Å². The third-order valence-electron chi connectivity index (χ3n) is 1.14. The molecule has 5 heteroatoms. The summed E-state index contributed by atoms with van der Waals surface area (Å²) in [6.45, 7) is 0. The zero-order chi connectivity index (χ0) is 6.97. The molecule has 0 aliphatic heterocycles. The maximum atomic E-state index is 5.55. The summed E-state index contributed by atoms with van der Waals surface area (Å²) in [6, 6.07) is 1.77. The Morgan fingerprint density at radius 1 is 1.50 bits per heavy atom. The van der Waals surface area contributed by atoms with Crippen LogP contribution in [0.5, 0.6) is 0 Å². The van der Waals surface area contributed by atoms with E-state index in [1.54, 1.807) is 12.3 Å². The van der Waals surface area contributed by atoms with E-state index >= 15 is 0 Å². The summed E-state index contributed by atoms with van der Waals surface area (Å²) in [5.74, 6) is 0. The van der Waals surface area contributed by atoms with Crippen molar-refractivity contribution in [2.75, 3.05) is 0 Å². The quantitative estimate of drug-likeness (QED) is 0.616. The lowest BCUT2D eigenvalue weighted by molar-refractivity contribution is 1.06. The molecule has 2 aromatic heterocycles. The van der Waals surface area contributed by atoms with Crippen LogP contribution < -0.4 is 0 Å². The van der Waals surface area contributed by atoms with E-state index in [0.29, 0.717) is 10.9 Å². The van der Waals surface area contributed by atoms with Crippen molar-refractivity contribution >= 4 is 22.8 Å². The molecule has 0 fully saturated rings. The number of aromatic amines is 1. The van der Waals surface area contributed by atoms with Crippen LogP contribution in [0.4, 0.5) is 0 Å². The van der Waals surface area contributed by atoms with E-state index in [2.05, 4.69) is 20.2 Å². The number of nitrogens with zero attached hydrogens (tertiary/aromatic N) is 3. The zero-order valence-electron chi connectivity index (χ0n) is 4.87. The van der Waals surface area contributed by atoms with Gasteiger partial charge in [0.1, 0.15) is 0 Å². The smallest absolute Gasteiger partial charge is 0.202 e. The van der Waals surface area contributed by atoms with Crippen LogP contribution >= 0.6 is 11.6 Å². The van der Waals surface area contributed by atoms with Gasteiger partial charge in [0, 0.05) is 0 Å². The molecule has 0 bridgehead atoms. The Hall–Kier alpha value is -1.16. The molecule has 0 amide bonds. The van der Waals surface area contributed by atoms with Crippen molar-refractivity contribution < 1.29 is 0 Å². The van der Waals surface area contributed by atoms with Crippen molar-refractivity contribution in [3.63, 3.8) is 0 Å². The number of halogens is 1. The summed E-state index contributed by atoms with van der Waals surface area (Å²) in [4.78, 5) is 6.66. The third-order valence-corrected chi connectivity index (χ3v) is 1.32. The fourth-order valence-corrected chi connectivity index (χ4v) is 0.918. The Labute approximate surface area is 61.3 Å². The Bertz CT molecular complexity index is 322. The van der Waals surface area contributed by atoms with Gasteiger partial charge in [-0.05, 0) is 17.7 Å². The fraction of sp³-hybridized carbons (Fsp3) is 0. The largest absolute Gasteiger partial charge is 0.327 e. The first-order valence-corrected chi connectivity index (χ1v) is 3.07. The maximum absolute atomic E-state index is 5.55. The second kappa shape index (κ2) is 1.91. The summed E-state index contributed by atoms with van der Waals surface area (Å²) < 4.78 is 0. The molecule has 2 heterocycles. The lowest BCUT2D eigenvalue weighted by Gasteiger charge is -1.79. The Morgan fingerprint density at radius 3 is 3.20 bits per heavy atom. The van der Waals surface area contributed by atoms with E-state index < -0.39 is 0 Å². The number of hydrogen-bond donors (Lipinski definition) is 1. The van der Waals surface area contributed by atoms with E-state index in [-0.39, 0.29) is 0 Å². The minimum atomic E-state index is 0.343. The van der Waals surface area contributed by atoms with Gasteiger partial charge in [-0.15, -0.1) is 5.10 Å². The highest BCUT2D eigenvalue weighted by Crippen LogP contribution is 2.08. The van der Waals surface area contributed by atoms with Crippen molar-refractivity contribution in [3.05, 3.63) is 17.5 Å². The predicted molar refractivity (Wildman–Crippen MR) is 36.7 cm³/mol. The molecule has 0 radical (unpaired) electrons. The second-order valence-electron chi connectivity index (χ2n) is 1.80. The summed E-state index contributed by atoms with van der Waals surface area (Å²) in [6.07, 6.45) is 1.58. The van der Waals surface area contributed by atoms with E-state index in [0.717, 1.165) is 5.52 Å². The molecule has 0 saturated heterocycles. The van der Waals surface area contributed by atoms with Crippen LogP contribution in [0.2, 0.25) is 5.28 Å². The summed E-state index contributed by atoms with van der Waals surface area (Å²) in [5, 5.41) is 7.70. The van der Waals surface area contributed by atoms with Crippen LogP contribution in [-0.4, -0.2) is 20.2 Å². The van der Waals surface area contributed by atoms with Crippen LogP contribution in [0, 0.1) is 0 Å². The molecule has 1 N–H and O–H groups in total. The first-order chi connectivity index (χ1) is 4.86. The van der Waals surface area contributed by atoms with Crippen LogP contribution in [-0.2, 0) is 0 Å². The highest BCUT2D eigenvalue weighted by atomic mass is 35.5. The molecule has 0 aliphatic rings. The molecule has 0 atom stereocenters. The number of aromatic nitrogens is 4. The van der Waals surface area contributed by atoms with Crippen molar-refractivity contribution in [2.45, 2.75) is 0 Å². The average Bonchev–Trinajstić information content (AvgIpc) is 2.27. The van der Waals surface area contributed by atoms with E-state index in [1.165, 1.54) is 0 Å². The first kappa shape index (κ1) is 5.61. The van der Waals surface area contributed by atoms with Crippen molar-refractivity contribution in [3.8, 4) is 0 Å². The number of hydrogen-bond acceptors (Lipinski definition) is 3. The Balaban J connectivity index is 2.88. The SMILES string of the molecule is Clc1nc2nnccc2[nH]1. The summed E-state index contributed by atoms with van der Waals surface area (Å²) in [7, 11) is 0. The minimum absolute atomic E-state index is 0.343. The van der Waals surface area contributed by atoms with Gasteiger partial charge in [-0.1, -0.05) is 0 Å². The fourth-order valence-electron chi connectivity index (χ4n) is 0.737. The second-order valence-corrected chi connectivity index (χ2v) is 2.15. The molecule has 10 heavy (non-hydrogen) atoms. The van der Waals surface area contributed by atoms with Gasteiger partial charge in [-0.2, -0.15) is 10.1 Å². The van der Waals surface area contributed by atoms with Gasteiger partial charge >= 0.3 is 0 Å². The molecule has 0 aliphatic carbocycles. The molecule has 2 aromatic rings. The van der Waals surface area contributed by atoms with Gasteiger partial charge in [0.05, 0.1) is 11.7 Å². The highest BCUT2D eigenvalue weighted by molar-refractivity contribution is 6.28. The van der Waals surface area contributed by atoms with Crippen LogP contribution in [0.1, 0.15) is 0 Å². The first-order valence-electron chi connectivity index (χ1n) is 2.69. The third kappa shape index (κ3) is 0.733. The predicted octanol–water partition coefficient (Wildman–Crippen LogP) is 1.01. The molecule has 0 spiro atoms. The van der Waals surface area contributed by atoms with Crippen molar-refractivity contribution in [1.82, 2.24) is 20.2 Å². The molecule has 0 unspecified atom stereocenters. The number of fused-ring (bicyclic) bond motifs is 1. The number of nitrogens with one attached hydrogen (secondary N) is 1. The molecule has 0 aromatic carbocycles. The molecule has 4 nitrogen and oxygen atoms in total. The number of rotatable bonds is 0. The monoisotopic (exact) mass is 154 g/mol. The molecular weight excluding hydrogens is 152 g/mol. The van der Waals surface area contributed by atoms with Gasteiger partial charge in [0.25, 0.3) is 0 Å². The van der Waals surface area contributed by atoms with Crippen LogP contribution in [0.25, 0.3) is 11.2 Å². The normalized spacial score (nSPS) is 10.5. The van der Waals surface area contributed by atoms with Crippen molar-refractivity contribution in [2.24, 2.45) is 0 Å². The van der Waals surface area contributed by atoms with Gasteiger partial charge < -0.3 is 4.98 Å². The van der Waals surface area contributed by atoms with Gasteiger partial charge in [-0.25, -0.2) is 0 Å². The molecule has 2 rings (SSSR count). The van der Waals surface area contributed by atoms with Gasteiger partial charge in [-0.3, -0.25) is 0 Å². The lowest BCUT2D eigenvalue weighted by Crippen LogP contribution is -1.78. The van der Waals surface area contributed by atoms with Crippen LogP contribution in [0.3, 0.4) is 0 Å². The Morgan fingerprint density at radius 2 is 2.40 bits per heavy atom. The lowest BCUT2D eigenvalue weighted by atomic mass is 10.5. The van der Waals surface area contributed by atoms with Crippen molar-refractivity contribution in [1.29, 1.82) is 0 Å². The summed E-state index contributed by atoms with van der Waals surface area (Å²) >= 11 is 5.55. The van der Waals surface area contributed by atoms with E-state index in [9.17, 15) is 0 Å². The topological polar surface area (TPSA) is 54.5 Å². The maximum Gasteiger partial charge on any atom is 0.202 e. The summed E-state index contributed by atoms with van der Waals surface area (Å²) in [5.41, 5.74) is 1.35. The number of H-pyrrole nitrogens is 1. The molecular formula is C5H3ClN4. The highest BCUT2D eigenvalue weighted by Gasteiger charge is 1.98.